The van der Waals surface area contributed by atoms with Gasteiger partial charge in [0.2, 0.25) is 0 Å². The standard InChI is InChI=1S/C24H27N3O4/c1-2-29-24(28)13-18-6-5-7-19(12-18)17-31-21-9-10-22(25-15-21)20-14-26-27(16-20)23-8-3-4-11-30-23/h5-7,9-10,12,14-16,23H,2-4,8,11,13,17H2,1H3. The normalized spacial score (nSPS) is 16.1. The molecular weight excluding hydrogens is 394 g/mol. The number of benzene rings is 1. The highest BCUT2D eigenvalue weighted by Crippen LogP contribution is 2.25. The lowest BCUT2D eigenvalue weighted by molar-refractivity contribution is -0.142. The van der Waals surface area contributed by atoms with E-state index in [1.54, 1.807) is 13.1 Å². The Kier molecular flexibility index (Phi) is 6.94. The van der Waals surface area contributed by atoms with Gasteiger partial charge in [0.25, 0.3) is 0 Å². The molecule has 3 aromatic rings. The molecule has 0 aliphatic carbocycles. The minimum absolute atomic E-state index is 0.0182. The maximum absolute atomic E-state index is 11.7. The third-order valence-electron chi connectivity index (χ3n) is 5.14. The van der Waals surface area contributed by atoms with Gasteiger partial charge < -0.3 is 14.2 Å². The zero-order valence-electron chi connectivity index (χ0n) is 17.7. The molecule has 0 radical (unpaired) electrons. The van der Waals surface area contributed by atoms with Gasteiger partial charge in [-0.05, 0) is 49.4 Å². The Morgan fingerprint density at radius 2 is 2.10 bits per heavy atom. The summed E-state index contributed by atoms with van der Waals surface area (Å²) in [4.78, 5) is 16.2. The van der Waals surface area contributed by atoms with Gasteiger partial charge in [-0.1, -0.05) is 24.3 Å². The number of carbonyl (C=O) groups excluding carboxylic acids is 1. The van der Waals surface area contributed by atoms with Crippen LogP contribution in [0.15, 0.2) is 55.0 Å². The topological polar surface area (TPSA) is 75.5 Å². The summed E-state index contributed by atoms with van der Waals surface area (Å²) in [6.45, 7) is 3.38. The average molecular weight is 421 g/mol. The summed E-state index contributed by atoms with van der Waals surface area (Å²) in [7, 11) is 0. The van der Waals surface area contributed by atoms with Crippen LogP contribution in [-0.2, 0) is 27.3 Å². The van der Waals surface area contributed by atoms with Crippen molar-refractivity contribution in [3.63, 3.8) is 0 Å². The molecule has 0 N–H and O–H groups in total. The van der Waals surface area contributed by atoms with Crippen molar-refractivity contribution in [3.05, 3.63) is 66.1 Å². The molecule has 0 saturated carbocycles. The first-order chi connectivity index (χ1) is 15.2. The van der Waals surface area contributed by atoms with Crippen LogP contribution in [0.4, 0.5) is 0 Å². The largest absolute Gasteiger partial charge is 0.487 e. The molecule has 1 aliphatic heterocycles. The molecule has 1 fully saturated rings. The fourth-order valence-corrected chi connectivity index (χ4v) is 3.57. The maximum Gasteiger partial charge on any atom is 0.310 e. The van der Waals surface area contributed by atoms with Crippen LogP contribution in [0.2, 0.25) is 0 Å². The van der Waals surface area contributed by atoms with Crippen LogP contribution >= 0.6 is 0 Å². The quantitative estimate of drug-likeness (QED) is 0.504. The average Bonchev–Trinajstić information content (AvgIpc) is 3.29. The Morgan fingerprint density at radius 1 is 1.19 bits per heavy atom. The van der Waals surface area contributed by atoms with Crippen LogP contribution in [0.3, 0.4) is 0 Å². The van der Waals surface area contributed by atoms with E-state index in [2.05, 4.69) is 10.1 Å². The van der Waals surface area contributed by atoms with E-state index in [0.29, 0.717) is 19.0 Å². The molecular formula is C24H27N3O4. The number of nitrogens with zero attached hydrogens (tertiary/aromatic N) is 3. The molecule has 3 heterocycles. The minimum atomic E-state index is -0.223. The smallest absolute Gasteiger partial charge is 0.310 e. The summed E-state index contributed by atoms with van der Waals surface area (Å²) in [5.41, 5.74) is 3.69. The number of aromatic nitrogens is 3. The number of hydrogen-bond donors (Lipinski definition) is 0. The SMILES string of the molecule is CCOC(=O)Cc1cccc(COc2ccc(-c3cnn(C4CCCCO4)c3)nc2)c1. The number of pyridine rings is 1. The van der Waals surface area contributed by atoms with Gasteiger partial charge in [-0.15, -0.1) is 0 Å². The molecule has 1 aromatic carbocycles. The summed E-state index contributed by atoms with van der Waals surface area (Å²) >= 11 is 0. The third-order valence-corrected chi connectivity index (χ3v) is 5.14. The monoisotopic (exact) mass is 421 g/mol. The van der Waals surface area contributed by atoms with E-state index >= 15 is 0 Å². The third kappa shape index (κ3) is 5.70. The van der Waals surface area contributed by atoms with E-state index < -0.39 is 0 Å². The molecule has 31 heavy (non-hydrogen) atoms. The van der Waals surface area contributed by atoms with Gasteiger partial charge in [0.15, 0.2) is 0 Å². The highest BCUT2D eigenvalue weighted by molar-refractivity contribution is 5.72. The van der Waals surface area contributed by atoms with E-state index in [0.717, 1.165) is 48.3 Å². The summed E-state index contributed by atoms with van der Waals surface area (Å²) < 4.78 is 18.5. The van der Waals surface area contributed by atoms with Crippen molar-refractivity contribution in [1.29, 1.82) is 0 Å². The molecule has 2 aromatic heterocycles. The highest BCUT2D eigenvalue weighted by Gasteiger charge is 2.17. The zero-order chi connectivity index (χ0) is 21.5. The molecule has 1 unspecified atom stereocenters. The van der Waals surface area contributed by atoms with Crippen LogP contribution in [0, 0.1) is 0 Å². The highest BCUT2D eigenvalue weighted by atomic mass is 16.5. The lowest BCUT2D eigenvalue weighted by Crippen LogP contribution is -2.18. The van der Waals surface area contributed by atoms with Gasteiger partial charge >= 0.3 is 5.97 Å². The zero-order valence-corrected chi connectivity index (χ0v) is 17.7. The van der Waals surface area contributed by atoms with E-state index in [-0.39, 0.29) is 18.6 Å². The summed E-state index contributed by atoms with van der Waals surface area (Å²) in [6, 6.07) is 11.6. The van der Waals surface area contributed by atoms with Crippen molar-refractivity contribution >= 4 is 5.97 Å². The Balaban J connectivity index is 1.34. The van der Waals surface area contributed by atoms with Crippen molar-refractivity contribution in [2.24, 2.45) is 0 Å². The molecule has 7 nitrogen and oxygen atoms in total. The van der Waals surface area contributed by atoms with Gasteiger partial charge in [-0.3, -0.25) is 9.78 Å². The number of rotatable bonds is 8. The Labute approximate surface area is 182 Å². The second kappa shape index (κ2) is 10.2. The van der Waals surface area contributed by atoms with Crippen LogP contribution < -0.4 is 4.74 Å². The van der Waals surface area contributed by atoms with E-state index in [1.165, 1.54) is 0 Å². The summed E-state index contributed by atoms with van der Waals surface area (Å²) in [5, 5.41) is 4.44. The van der Waals surface area contributed by atoms with E-state index in [4.69, 9.17) is 14.2 Å². The molecule has 0 amide bonds. The van der Waals surface area contributed by atoms with Gasteiger partial charge in [0, 0.05) is 18.4 Å². The predicted molar refractivity (Wildman–Crippen MR) is 115 cm³/mol. The van der Waals surface area contributed by atoms with Crippen molar-refractivity contribution in [2.75, 3.05) is 13.2 Å². The minimum Gasteiger partial charge on any atom is -0.487 e. The number of ether oxygens (including phenoxy) is 3. The number of esters is 1. The van der Waals surface area contributed by atoms with Crippen molar-refractivity contribution < 1.29 is 19.0 Å². The van der Waals surface area contributed by atoms with Crippen LogP contribution in [0.1, 0.15) is 43.5 Å². The number of hydrogen-bond acceptors (Lipinski definition) is 6. The molecule has 162 valence electrons. The molecule has 0 bridgehead atoms. The molecule has 0 spiro atoms. The summed E-state index contributed by atoms with van der Waals surface area (Å²) in [5.74, 6) is 0.460. The molecule has 1 aliphatic rings. The first kappa shape index (κ1) is 21.1. The van der Waals surface area contributed by atoms with Gasteiger partial charge in [-0.25, -0.2) is 4.68 Å². The Hall–Kier alpha value is -3.19. The molecule has 1 saturated heterocycles. The Morgan fingerprint density at radius 3 is 2.87 bits per heavy atom. The van der Waals surface area contributed by atoms with Crippen LogP contribution in [-0.4, -0.2) is 33.9 Å². The lowest BCUT2D eigenvalue weighted by Gasteiger charge is -2.22. The molecule has 7 heteroatoms. The van der Waals surface area contributed by atoms with E-state index in [9.17, 15) is 4.79 Å². The second-order valence-corrected chi connectivity index (χ2v) is 7.50. The van der Waals surface area contributed by atoms with E-state index in [1.807, 2.05) is 53.5 Å². The van der Waals surface area contributed by atoms with Gasteiger partial charge in [0.05, 0.1) is 31.1 Å². The fourth-order valence-electron chi connectivity index (χ4n) is 3.57. The van der Waals surface area contributed by atoms with Crippen LogP contribution in [0.25, 0.3) is 11.3 Å². The van der Waals surface area contributed by atoms with Gasteiger partial charge in [0.1, 0.15) is 18.6 Å². The lowest BCUT2D eigenvalue weighted by atomic mass is 10.1. The molecule has 4 rings (SSSR count). The fraction of sp³-hybridized carbons (Fsp3) is 0.375. The summed E-state index contributed by atoms with van der Waals surface area (Å²) in [6.07, 6.45) is 9.06. The predicted octanol–water partition coefficient (Wildman–Crippen LogP) is 4.33. The molecule has 1 atom stereocenters. The Bertz CT molecular complexity index is 994. The maximum atomic E-state index is 11.7. The second-order valence-electron chi connectivity index (χ2n) is 7.50. The first-order valence-corrected chi connectivity index (χ1v) is 10.7. The number of carbonyl (C=O) groups is 1. The van der Waals surface area contributed by atoms with Crippen molar-refractivity contribution in [1.82, 2.24) is 14.8 Å². The first-order valence-electron chi connectivity index (χ1n) is 10.7. The van der Waals surface area contributed by atoms with Gasteiger partial charge in [-0.2, -0.15) is 5.10 Å². The van der Waals surface area contributed by atoms with Crippen molar-refractivity contribution in [3.8, 4) is 17.0 Å². The van der Waals surface area contributed by atoms with Crippen LogP contribution in [0.5, 0.6) is 5.75 Å². The van der Waals surface area contributed by atoms with Crippen molar-refractivity contribution in [2.45, 2.75) is 45.4 Å².